The molecule has 2 aromatic carbocycles. The van der Waals surface area contributed by atoms with Gasteiger partial charge in [0.15, 0.2) is 0 Å². The number of nitrogens with zero attached hydrogens (tertiary/aromatic N) is 1. The number of rotatable bonds is 1. The van der Waals surface area contributed by atoms with Crippen molar-refractivity contribution in [2.45, 2.75) is 0 Å². The number of phenolic OH excluding ortho intramolecular Hbond substituents is 1. The maximum Gasteiger partial charge on any atom is 0.133 e. The average Bonchev–Trinajstić information content (AvgIpc) is 2.30. The molecule has 0 atom stereocenters. The van der Waals surface area contributed by atoms with Crippen molar-refractivity contribution in [1.82, 2.24) is 0 Å². The summed E-state index contributed by atoms with van der Waals surface area (Å²) in [5.41, 5.74) is 1.77. The predicted molar refractivity (Wildman–Crippen MR) is 58.2 cm³/mol. The first-order valence-electron chi connectivity index (χ1n) is 4.70. The lowest BCUT2D eigenvalue weighted by atomic mass is 10.0. The molecule has 0 saturated carbocycles. The summed E-state index contributed by atoms with van der Waals surface area (Å²) in [6, 6.07) is 12.6. The highest BCUT2D eigenvalue weighted by Crippen LogP contribution is 2.26. The van der Waals surface area contributed by atoms with E-state index in [4.69, 9.17) is 5.26 Å². The van der Waals surface area contributed by atoms with Gasteiger partial charge in [-0.2, -0.15) is 5.26 Å². The van der Waals surface area contributed by atoms with Gasteiger partial charge in [0.25, 0.3) is 0 Å². The number of nitriles is 1. The quantitative estimate of drug-likeness (QED) is 0.791. The van der Waals surface area contributed by atoms with Crippen LogP contribution < -0.4 is 0 Å². The highest BCUT2D eigenvalue weighted by molar-refractivity contribution is 5.66. The Morgan fingerprint density at radius 3 is 2.19 bits per heavy atom. The fourth-order valence-electron chi connectivity index (χ4n) is 1.45. The minimum atomic E-state index is -0.304. The average molecular weight is 213 g/mol. The number of hydrogen-bond acceptors (Lipinski definition) is 2. The molecule has 0 unspecified atom stereocenters. The first-order valence-corrected chi connectivity index (χ1v) is 4.70. The minimum absolute atomic E-state index is 0.0654. The Bertz CT molecular complexity index is 555. The monoisotopic (exact) mass is 213 g/mol. The summed E-state index contributed by atoms with van der Waals surface area (Å²) in [6.07, 6.45) is 0. The molecule has 0 fully saturated rings. The van der Waals surface area contributed by atoms with Gasteiger partial charge in [0, 0.05) is 0 Å². The fraction of sp³-hybridized carbons (Fsp3) is 0. The van der Waals surface area contributed by atoms with E-state index in [-0.39, 0.29) is 17.1 Å². The van der Waals surface area contributed by atoms with E-state index in [1.54, 1.807) is 18.2 Å². The van der Waals surface area contributed by atoms with Gasteiger partial charge in [-0.1, -0.05) is 18.2 Å². The molecule has 0 heterocycles. The maximum absolute atomic E-state index is 12.7. The topological polar surface area (TPSA) is 44.0 Å². The largest absolute Gasteiger partial charge is 0.507 e. The zero-order valence-electron chi connectivity index (χ0n) is 8.31. The van der Waals surface area contributed by atoms with Crippen molar-refractivity contribution in [2.75, 3.05) is 0 Å². The third-order valence-electron chi connectivity index (χ3n) is 2.30. The summed E-state index contributed by atoms with van der Waals surface area (Å²) in [6.45, 7) is 0. The Morgan fingerprint density at radius 2 is 1.62 bits per heavy atom. The summed E-state index contributed by atoms with van der Waals surface area (Å²) in [5, 5.41) is 18.2. The van der Waals surface area contributed by atoms with Gasteiger partial charge >= 0.3 is 0 Å². The van der Waals surface area contributed by atoms with Gasteiger partial charge in [-0.15, -0.1) is 0 Å². The molecule has 78 valence electrons. The summed E-state index contributed by atoms with van der Waals surface area (Å²) in [4.78, 5) is 0. The van der Waals surface area contributed by atoms with Crippen LogP contribution in [-0.2, 0) is 0 Å². The van der Waals surface area contributed by atoms with E-state index in [9.17, 15) is 9.50 Å². The van der Waals surface area contributed by atoms with Gasteiger partial charge in [-0.05, 0) is 35.4 Å². The van der Waals surface area contributed by atoms with Crippen molar-refractivity contribution in [3.8, 4) is 22.9 Å². The minimum Gasteiger partial charge on any atom is -0.507 e. The Morgan fingerprint density at radius 1 is 1.00 bits per heavy atom. The standard InChI is InChI=1S/C13H8FNO/c14-12-5-3-9(4-6-12)10-1-2-11(8-15)13(16)7-10/h1-7,16H. The number of phenols is 1. The van der Waals surface area contributed by atoms with Crippen LogP contribution in [0.2, 0.25) is 0 Å². The molecule has 2 nitrogen and oxygen atoms in total. The van der Waals surface area contributed by atoms with Crippen LogP contribution >= 0.6 is 0 Å². The van der Waals surface area contributed by atoms with E-state index in [1.807, 2.05) is 6.07 Å². The van der Waals surface area contributed by atoms with Crippen LogP contribution in [0.15, 0.2) is 42.5 Å². The smallest absolute Gasteiger partial charge is 0.133 e. The molecule has 1 N–H and O–H groups in total. The second kappa shape index (κ2) is 4.03. The first kappa shape index (κ1) is 10.2. The highest BCUT2D eigenvalue weighted by Gasteiger charge is 2.03. The summed E-state index contributed by atoms with van der Waals surface area (Å²) >= 11 is 0. The van der Waals surface area contributed by atoms with Gasteiger partial charge in [-0.25, -0.2) is 4.39 Å². The van der Waals surface area contributed by atoms with Crippen molar-refractivity contribution in [2.24, 2.45) is 0 Å². The van der Waals surface area contributed by atoms with E-state index in [2.05, 4.69) is 0 Å². The van der Waals surface area contributed by atoms with Gasteiger partial charge in [0.1, 0.15) is 17.6 Å². The number of halogens is 1. The highest BCUT2D eigenvalue weighted by atomic mass is 19.1. The van der Waals surface area contributed by atoms with Crippen molar-refractivity contribution in [1.29, 1.82) is 5.26 Å². The van der Waals surface area contributed by atoms with Crippen LogP contribution in [0.5, 0.6) is 5.75 Å². The molecule has 2 aromatic rings. The van der Waals surface area contributed by atoms with Crippen LogP contribution in [-0.4, -0.2) is 5.11 Å². The molecule has 0 amide bonds. The van der Waals surface area contributed by atoms with Crippen molar-refractivity contribution in [3.05, 3.63) is 53.8 Å². The Labute approximate surface area is 92.2 Å². The van der Waals surface area contributed by atoms with Crippen molar-refractivity contribution in [3.63, 3.8) is 0 Å². The molecule has 0 radical (unpaired) electrons. The number of hydrogen-bond donors (Lipinski definition) is 1. The molecule has 2 rings (SSSR count). The second-order valence-electron chi connectivity index (χ2n) is 3.35. The van der Waals surface area contributed by atoms with E-state index in [0.29, 0.717) is 0 Å². The van der Waals surface area contributed by atoms with Crippen LogP contribution in [0.4, 0.5) is 4.39 Å². The lowest BCUT2D eigenvalue weighted by molar-refractivity contribution is 0.474. The van der Waals surface area contributed by atoms with Crippen LogP contribution in [0.1, 0.15) is 5.56 Å². The van der Waals surface area contributed by atoms with Gasteiger partial charge in [0.2, 0.25) is 0 Å². The number of benzene rings is 2. The molecule has 3 heteroatoms. The Balaban J connectivity index is 2.46. The second-order valence-corrected chi connectivity index (χ2v) is 3.35. The zero-order chi connectivity index (χ0) is 11.5. The maximum atomic E-state index is 12.7. The number of aromatic hydroxyl groups is 1. The molecule has 0 aliphatic carbocycles. The third-order valence-corrected chi connectivity index (χ3v) is 2.30. The molecule has 0 saturated heterocycles. The molecule has 16 heavy (non-hydrogen) atoms. The normalized spacial score (nSPS) is 9.75. The van der Waals surface area contributed by atoms with Crippen molar-refractivity contribution >= 4 is 0 Å². The molecular formula is C13H8FNO. The van der Waals surface area contributed by atoms with Crippen molar-refractivity contribution < 1.29 is 9.50 Å². The lowest BCUT2D eigenvalue weighted by Gasteiger charge is -2.03. The summed E-state index contributed by atoms with van der Waals surface area (Å²) < 4.78 is 12.7. The van der Waals surface area contributed by atoms with Crippen LogP contribution in [0.25, 0.3) is 11.1 Å². The molecule has 0 spiro atoms. The third kappa shape index (κ3) is 1.86. The molecule has 0 bridgehead atoms. The van der Waals surface area contributed by atoms with Gasteiger partial charge < -0.3 is 5.11 Å². The van der Waals surface area contributed by atoms with Gasteiger partial charge in [-0.3, -0.25) is 0 Å². The summed E-state index contributed by atoms with van der Waals surface area (Å²) in [5.74, 6) is -0.369. The van der Waals surface area contributed by atoms with Crippen LogP contribution in [0, 0.1) is 17.1 Å². The van der Waals surface area contributed by atoms with Gasteiger partial charge in [0.05, 0.1) is 5.56 Å². The van der Waals surface area contributed by atoms with E-state index in [1.165, 1.54) is 24.3 Å². The molecule has 0 aliphatic heterocycles. The fourth-order valence-corrected chi connectivity index (χ4v) is 1.45. The SMILES string of the molecule is N#Cc1ccc(-c2ccc(F)cc2)cc1O. The first-order chi connectivity index (χ1) is 7.70. The molecule has 0 aliphatic rings. The molecular weight excluding hydrogens is 205 g/mol. The van der Waals surface area contributed by atoms with Crippen LogP contribution in [0.3, 0.4) is 0 Å². The Hall–Kier alpha value is -2.34. The van der Waals surface area contributed by atoms with E-state index in [0.717, 1.165) is 11.1 Å². The Kier molecular flexibility index (Phi) is 2.57. The summed E-state index contributed by atoms with van der Waals surface area (Å²) in [7, 11) is 0. The zero-order valence-corrected chi connectivity index (χ0v) is 8.31. The molecule has 0 aromatic heterocycles. The predicted octanol–water partition coefficient (Wildman–Crippen LogP) is 3.07. The lowest BCUT2D eigenvalue weighted by Crippen LogP contribution is -1.81. The van der Waals surface area contributed by atoms with E-state index < -0.39 is 0 Å². The van der Waals surface area contributed by atoms with E-state index >= 15 is 0 Å².